The van der Waals surface area contributed by atoms with Crippen molar-refractivity contribution in [3.05, 3.63) is 59.7 Å². The van der Waals surface area contributed by atoms with E-state index in [9.17, 15) is 10.2 Å². The van der Waals surface area contributed by atoms with Gasteiger partial charge < -0.3 is 24.4 Å². The lowest BCUT2D eigenvalue weighted by molar-refractivity contribution is 0.145. The Morgan fingerprint density at radius 3 is 1.41 bits per heavy atom. The van der Waals surface area contributed by atoms with E-state index in [4.69, 9.17) is 14.2 Å². The molecule has 0 aromatic heterocycles. The van der Waals surface area contributed by atoms with E-state index in [2.05, 4.69) is 23.7 Å². The number of aliphatic hydroxyl groups excluding tert-OH is 2. The van der Waals surface area contributed by atoms with Crippen LogP contribution in [-0.2, 0) is 4.74 Å². The van der Waals surface area contributed by atoms with Crippen molar-refractivity contribution in [2.45, 2.75) is 25.0 Å². The molecule has 0 radical (unpaired) electrons. The first-order chi connectivity index (χ1) is 14.1. The Kier molecular flexibility index (Phi) is 9.62. The Balaban J connectivity index is 1.62. The molecule has 0 bridgehead atoms. The predicted molar refractivity (Wildman–Crippen MR) is 112 cm³/mol. The highest BCUT2D eigenvalue weighted by molar-refractivity contribution is 5.32. The molecule has 0 fully saturated rings. The molecular weight excluding hydrogens is 368 g/mol. The molecule has 2 N–H and O–H groups in total. The van der Waals surface area contributed by atoms with Crippen molar-refractivity contribution in [1.29, 1.82) is 0 Å². The van der Waals surface area contributed by atoms with Crippen LogP contribution in [0.25, 0.3) is 0 Å². The van der Waals surface area contributed by atoms with Crippen molar-refractivity contribution >= 4 is 0 Å². The van der Waals surface area contributed by atoms with E-state index in [0.29, 0.717) is 26.1 Å². The second-order valence-corrected chi connectivity index (χ2v) is 6.11. The van der Waals surface area contributed by atoms with Gasteiger partial charge in [-0.15, -0.1) is 0 Å². The van der Waals surface area contributed by atoms with Crippen molar-refractivity contribution in [1.82, 2.24) is 0 Å². The fraction of sp³-hybridized carbons (Fsp3) is 0.333. The molecule has 5 heteroatoms. The van der Waals surface area contributed by atoms with Gasteiger partial charge in [-0.1, -0.05) is 47.9 Å². The molecule has 0 heterocycles. The molecule has 29 heavy (non-hydrogen) atoms. The average molecular weight is 394 g/mol. The summed E-state index contributed by atoms with van der Waals surface area (Å²) < 4.78 is 15.6. The fourth-order valence-corrected chi connectivity index (χ4v) is 2.43. The Morgan fingerprint density at radius 2 is 1.07 bits per heavy atom. The molecule has 5 nitrogen and oxygen atoms in total. The van der Waals surface area contributed by atoms with Gasteiger partial charge in [0.15, 0.2) is 0 Å². The van der Waals surface area contributed by atoms with Crippen LogP contribution in [0.15, 0.2) is 48.5 Å². The van der Waals surface area contributed by atoms with E-state index in [1.807, 2.05) is 0 Å². The molecule has 0 aliphatic rings. The fourth-order valence-electron chi connectivity index (χ4n) is 2.43. The zero-order valence-electron chi connectivity index (χ0n) is 16.7. The van der Waals surface area contributed by atoms with Gasteiger partial charge >= 0.3 is 0 Å². The molecule has 2 rings (SSSR count). The lowest BCUT2D eigenvalue weighted by atomic mass is 10.1. The number of methoxy groups -OCH3 is 2. The molecular formula is C24H26O5. The third-order valence-corrected chi connectivity index (χ3v) is 4.08. The highest BCUT2D eigenvalue weighted by atomic mass is 16.5. The van der Waals surface area contributed by atoms with Crippen LogP contribution in [0, 0.1) is 23.7 Å². The standard InChI is InChI=1S/C24H26O5/c1-27-21-13-9-19(10-14-21)23(25)7-3-5-17-29-18-6-4-8-24(26)20-11-15-22(28-2)16-12-20/h9-16,23-26H,5-6,17-18H2,1-2H3/t23-,24-/m0/s1. The monoisotopic (exact) mass is 394 g/mol. The second kappa shape index (κ2) is 12.5. The van der Waals surface area contributed by atoms with Crippen LogP contribution < -0.4 is 9.47 Å². The molecule has 0 aliphatic carbocycles. The molecule has 0 spiro atoms. The molecule has 2 atom stereocenters. The molecule has 0 saturated carbocycles. The van der Waals surface area contributed by atoms with Crippen molar-refractivity contribution < 1.29 is 24.4 Å². The van der Waals surface area contributed by atoms with Gasteiger partial charge in [-0.3, -0.25) is 0 Å². The molecule has 2 aromatic rings. The summed E-state index contributed by atoms with van der Waals surface area (Å²) in [6.45, 7) is 0.927. The summed E-state index contributed by atoms with van der Waals surface area (Å²) in [4.78, 5) is 0. The summed E-state index contributed by atoms with van der Waals surface area (Å²) in [7, 11) is 3.19. The van der Waals surface area contributed by atoms with Gasteiger partial charge in [-0.05, 0) is 35.4 Å². The van der Waals surface area contributed by atoms with E-state index in [-0.39, 0.29) is 0 Å². The Bertz CT molecular complexity index is 777. The number of hydrogen-bond donors (Lipinski definition) is 2. The maximum atomic E-state index is 10.0. The van der Waals surface area contributed by atoms with Crippen LogP contribution in [0.5, 0.6) is 11.5 Å². The zero-order valence-corrected chi connectivity index (χ0v) is 16.7. The molecule has 0 amide bonds. The first-order valence-electron chi connectivity index (χ1n) is 9.32. The summed E-state index contributed by atoms with van der Waals surface area (Å²) in [6.07, 6.45) is -0.609. The first kappa shape index (κ1) is 22.3. The van der Waals surface area contributed by atoms with E-state index in [1.165, 1.54) is 0 Å². The van der Waals surface area contributed by atoms with Crippen molar-refractivity contribution in [3.63, 3.8) is 0 Å². The smallest absolute Gasteiger partial charge is 0.140 e. The molecule has 0 unspecified atom stereocenters. The normalized spacial score (nSPS) is 12.0. The van der Waals surface area contributed by atoms with Gasteiger partial charge in [0.2, 0.25) is 0 Å². The number of benzene rings is 2. The average Bonchev–Trinajstić information content (AvgIpc) is 2.77. The summed E-state index contributed by atoms with van der Waals surface area (Å²) in [6, 6.07) is 14.3. The highest BCUT2D eigenvalue weighted by Crippen LogP contribution is 2.17. The Labute approximate surface area is 172 Å². The van der Waals surface area contributed by atoms with Gasteiger partial charge in [0.05, 0.1) is 27.4 Å². The number of hydrogen-bond acceptors (Lipinski definition) is 5. The van der Waals surface area contributed by atoms with Crippen molar-refractivity contribution in [3.8, 4) is 35.2 Å². The van der Waals surface area contributed by atoms with E-state index >= 15 is 0 Å². The maximum absolute atomic E-state index is 10.0. The minimum atomic E-state index is -0.828. The minimum Gasteiger partial charge on any atom is -0.497 e. The maximum Gasteiger partial charge on any atom is 0.140 e. The Hall–Kier alpha value is -2.96. The largest absolute Gasteiger partial charge is 0.497 e. The van der Waals surface area contributed by atoms with Crippen molar-refractivity contribution in [2.24, 2.45) is 0 Å². The lowest BCUT2D eigenvalue weighted by Gasteiger charge is -2.05. The molecule has 0 aliphatic heterocycles. The Morgan fingerprint density at radius 1 is 0.690 bits per heavy atom. The number of ether oxygens (including phenoxy) is 3. The van der Waals surface area contributed by atoms with Crippen LogP contribution in [0.4, 0.5) is 0 Å². The zero-order chi connectivity index (χ0) is 20.9. The van der Waals surface area contributed by atoms with Gasteiger partial charge in [0, 0.05) is 12.8 Å². The summed E-state index contributed by atoms with van der Waals surface area (Å²) in [5, 5.41) is 20.1. The quantitative estimate of drug-likeness (QED) is 0.531. The highest BCUT2D eigenvalue weighted by Gasteiger charge is 2.04. The predicted octanol–water partition coefficient (Wildman–Crippen LogP) is 3.27. The summed E-state index contributed by atoms with van der Waals surface area (Å²) in [5.74, 6) is 12.9. The topological polar surface area (TPSA) is 68.2 Å². The van der Waals surface area contributed by atoms with Crippen LogP contribution in [0.3, 0.4) is 0 Å². The molecule has 0 saturated heterocycles. The van der Waals surface area contributed by atoms with Gasteiger partial charge in [-0.25, -0.2) is 0 Å². The van der Waals surface area contributed by atoms with Gasteiger partial charge in [0.25, 0.3) is 0 Å². The van der Waals surface area contributed by atoms with Crippen molar-refractivity contribution in [2.75, 3.05) is 27.4 Å². The van der Waals surface area contributed by atoms with Crippen LogP contribution in [0.2, 0.25) is 0 Å². The van der Waals surface area contributed by atoms with Gasteiger partial charge in [0.1, 0.15) is 23.7 Å². The third kappa shape index (κ3) is 7.89. The third-order valence-electron chi connectivity index (χ3n) is 4.08. The lowest BCUT2D eigenvalue weighted by Crippen LogP contribution is -1.97. The summed E-state index contributed by atoms with van der Waals surface area (Å²) in [5.41, 5.74) is 1.45. The van der Waals surface area contributed by atoms with Crippen LogP contribution in [-0.4, -0.2) is 37.6 Å². The minimum absolute atomic E-state index is 0.463. The molecule has 152 valence electrons. The number of aliphatic hydroxyl groups is 2. The SMILES string of the molecule is COc1ccc([C@@H](O)C#CCCOCCC#C[C@H](O)c2ccc(OC)cc2)cc1. The molecule has 2 aromatic carbocycles. The van der Waals surface area contributed by atoms with E-state index < -0.39 is 12.2 Å². The van der Waals surface area contributed by atoms with E-state index in [0.717, 1.165) is 22.6 Å². The number of rotatable bonds is 8. The van der Waals surface area contributed by atoms with Crippen LogP contribution in [0.1, 0.15) is 36.2 Å². The first-order valence-corrected chi connectivity index (χ1v) is 9.32. The van der Waals surface area contributed by atoms with Gasteiger partial charge in [-0.2, -0.15) is 0 Å². The second-order valence-electron chi connectivity index (χ2n) is 6.11. The summed E-state index contributed by atoms with van der Waals surface area (Å²) >= 11 is 0. The van der Waals surface area contributed by atoms with Crippen LogP contribution >= 0.6 is 0 Å². The van der Waals surface area contributed by atoms with E-state index in [1.54, 1.807) is 62.8 Å².